The van der Waals surface area contributed by atoms with Gasteiger partial charge in [0, 0.05) is 45.3 Å². The Morgan fingerprint density at radius 3 is 2.03 bits per heavy atom. The third-order valence-corrected chi connectivity index (χ3v) is 7.82. The molecule has 2 N–H and O–H groups in total. The molecule has 0 aromatic heterocycles. The van der Waals surface area contributed by atoms with Crippen molar-refractivity contribution in [1.82, 2.24) is 14.7 Å². The van der Waals surface area contributed by atoms with Gasteiger partial charge in [-0.25, -0.2) is 9.59 Å². The van der Waals surface area contributed by atoms with Crippen LogP contribution < -0.4 is 0 Å². The molecule has 2 heterocycles. The van der Waals surface area contributed by atoms with E-state index in [0.717, 1.165) is 30.3 Å². The van der Waals surface area contributed by atoms with Gasteiger partial charge in [0.05, 0.1) is 0 Å². The molecule has 2 saturated heterocycles. The summed E-state index contributed by atoms with van der Waals surface area (Å²) in [6, 6.07) is 11.8. The van der Waals surface area contributed by atoms with Crippen LogP contribution in [-0.4, -0.2) is 88.7 Å². The van der Waals surface area contributed by atoms with Crippen LogP contribution in [0.3, 0.4) is 0 Å². The topological polar surface area (TPSA) is 84.3 Å². The molecule has 1 saturated carbocycles. The van der Waals surface area contributed by atoms with Gasteiger partial charge in [-0.2, -0.15) is 0 Å². The fraction of sp³-hybridized carbons (Fsp3) is 0.615. The Kier molecular flexibility index (Phi) is 8.17. The molecule has 2 aliphatic heterocycles. The molecule has 0 amide bonds. The Balaban J connectivity index is 0.000000385. The lowest BCUT2D eigenvalue weighted by atomic mass is 9.92. The molecule has 0 radical (unpaired) electrons. The number of hydrogen-bond acceptors (Lipinski definition) is 5. The lowest BCUT2D eigenvalue weighted by Gasteiger charge is -2.43. The summed E-state index contributed by atoms with van der Waals surface area (Å²) in [7, 11) is 0. The summed E-state index contributed by atoms with van der Waals surface area (Å²) in [5.74, 6) is -0.863. The van der Waals surface area contributed by atoms with E-state index in [9.17, 15) is 0 Å². The number of likely N-dealkylation sites (tertiary alicyclic amines) is 1. The molecule has 3 unspecified atom stereocenters. The molecule has 33 heavy (non-hydrogen) atoms. The van der Waals surface area contributed by atoms with Gasteiger partial charge in [-0.05, 0) is 62.1 Å². The van der Waals surface area contributed by atoms with Crippen molar-refractivity contribution in [1.29, 1.82) is 0 Å². The van der Waals surface area contributed by atoms with Crippen LogP contribution in [0.5, 0.6) is 0 Å². The van der Waals surface area contributed by atoms with Crippen molar-refractivity contribution in [3.8, 4) is 0 Å². The minimum atomic E-state index is -1.82. The van der Waals surface area contributed by atoms with Crippen LogP contribution in [0.1, 0.15) is 31.2 Å². The van der Waals surface area contributed by atoms with Gasteiger partial charge in [0.15, 0.2) is 0 Å². The second-order valence-electron chi connectivity index (χ2n) is 9.98. The predicted molar refractivity (Wildman–Crippen MR) is 127 cm³/mol. The fourth-order valence-electron chi connectivity index (χ4n) is 6.03. The normalized spacial score (nSPS) is 28.4. The second kappa shape index (κ2) is 11.3. The highest BCUT2D eigenvalue weighted by atomic mass is 16.4. The van der Waals surface area contributed by atoms with E-state index in [1.807, 2.05) is 0 Å². The third-order valence-electron chi connectivity index (χ3n) is 7.82. The second-order valence-corrected chi connectivity index (χ2v) is 9.98. The Hall–Kier alpha value is -2.22. The van der Waals surface area contributed by atoms with Crippen molar-refractivity contribution in [3.63, 3.8) is 0 Å². The Bertz CT molecular complexity index is 802. The Morgan fingerprint density at radius 2 is 1.48 bits per heavy atom. The van der Waals surface area contributed by atoms with Gasteiger partial charge >= 0.3 is 11.9 Å². The largest absolute Gasteiger partial charge is 0.473 e. The first kappa shape index (κ1) is 23.9. The van der Waals surface area contributed by atoms with Crippen LogP contribution in [-0.2, 0) is 16.1 Å². The highest BCUT2D eigenvalue weighted by Gasteiger charge is 2.37. The summed E-state index contributed by atoms with van der Waals surface area (Å²) in [5, 5.41) is 14.8. The number of nitrogens with zero attached hydrogens (tertiary/aromatic N) is 3. The zero-order valence-electron chi connectivity index (χ0n) is 19.4. The van der Waals surface area contributed by atoms with E-state index < -0.39 is 11.9 Å². The summed E-state index contributed by atoms with van der Waals surface area (Å²) < 4.78 is 0. The van der Waals surface area contributed by atoms with Crippen molar-refractivity contribution < 1.29 is 19.8 Å². The molecule has 3 atom stereocenters. The number of carboxylic acids is 2. The van der Waals surface area contributed by atoms with E-state index in [4.69, 9.17) is 19.8 Å². The maximum Gasteiger partial charge on any atom is 0.414 e. The molecule has 1 aromatic carbocycles. The minimum absolute atomic E-state index is 0.833. The summed E-state index contributed by atoms with van der Waals surface area (Å²) >= 11 is 0. The van der Waals surface area contributed by atoms with Crippen LogP contribution in [0.2, 0.25) is 0 Å². The van der Waals surface area contributed by atoms with Gasteiger partial charge in [-0.15, -0.1) is 0 Å². The molecular formula is C26H37N3O4. The number of benzene rings is 1. The first-order valence-corrected chi connectivity index (χ1v) is 12.3. The Morgan fingerprint density at radius 1 is 0.818 bits per heavy atom. The standard InChI is InChI=1S/C24H35N3.C2H2O4/c1-2-4-20(5-3-1)18-26-12-14-27(15-13-26)24-8-10-25(11-9-24)19-23-17-21-6-7-22(23)16-21;3-1(4)2(5)6/h1-7,21-24H,8-19H2;(H,3,4)(H,5,6). The Labute approximate surface area is 196 Å². The third kappa shape index (κ3) is 6.65. The van der Waals surface area contributed by atoms with Gasteiger partial charge in [-0.3, -0.25) is 9.80 Å². The van der Waals surface area contributed by atoms with Crippen molar-refractivity contribution in [2.24, 2.45) is 17.8 Å². The van der Waals surface area contributed by atoms with Crippen LogP contribution >= 0.6 is 0 Å². The van der Waals surface area contributed by atoms with Crippen molar-refractivity contribution in [2.75, 3.05) is 45.8 Å². The molecule has 7 nitrogen and oxygen atoms in total. The number of aliphatic carboxylic acids is 2. The van der Waals surface area contributed by atoms with Gasteiger partial charge in [0.2, 0.25) is 0 Å². The minimum Gasteiger partial charge on any atom is -0.473 e. The summed E-state index contributed by atoms with van der Waals surface area (Å²) in [6.45, 7) is 10.1. The van der Waals surface area contributed by atoms with Gasteiger partial charge < -0.3 is 15.1 Å². The number of fused-ring (bicyclic) bond motifs is 2. The number of carbonyl (C=O) groups is 2. The van der Waals surface area contributed by atoms with E-state index >= 15 is 0 Å². The monoisotopic (exact) mass is 455 g/mol. The molecule has 7 heteroatoms. The van der Waals surface area contributed by atoms with Crippen molar-refractivity contribution in [2.45, 2.75) is 38.3 Å². The maximum atomic E-state index is 9.10. The average Bonchev–Trinajstić information content (AvgIpc) is 3.45. The van der Waals surface area contributed by atoms with Crippen LogP contribution in [0, 0.1) is 17.8 Å². The summed E-state index contributed by atoms with van der Waals surface area (Å²) in [5.41, 5.74) is 1.45. The van der Waals surface area contributed by atoms with E-state index in [1.165, 1.54) is 77.1 Å². The number of piperazine rings is 1. The smallest absolute Gasteiger partial charge is 0.414 e. The quantitative estimate of drug-likeness (QED) is 0.522. The van der Waals surface area contributed by atoms with Gasteiger partial charge in [0.1, 0.15) is 0 Å². The van der Waals surface area contributed by atoms with Crippen LogP contribution in [0.4, 0.5) is 0 Å². The number of piperidine rings is 1. The fourth-order valence-corrected chi connectivity index (χ4v) is 6.03. The molecule has 0 spiro atoms. The highest BCUT2D eigenvalue weighted by molar-refractivity contribution is 6.27. The summed E-state index contributed by atoms with van der Waals surface area (Å²) in [4.78, 5) is 26.4. The predicted octanol–water partition coefficient (Wildman–Crippen LogP) is 2.64. The van der Waals surface area contributed by atoms with E-state index in [-0.39, 0.29) is 0 Å². The zero-order valence-corrected chi connectivity index (χ0v) is 19.4. The maximum absolute atomic E-state index is 9.10. The first-order valence-electron chi connectivity index (χ1n) is 12.3. The number of allylic oxidation sites excluding steroid dienone is 2. The molecule has 4 aliphatic rings. The number of carboxylic acid groups (broad SMARTS) is 2. The van der Waals surface area contributed by atoms with Crippen molar-refractivity contribution >= 4 is 11.9 Å². The van der Waals surface area contributed by atoms with Crippen LogP contribution in [0.25, 0.3) is 0 Å². The zero-order chi connectivity index (χ0) is 23.2. The van der Waals surface area contributed by atoms with E-state index in [0.29, 0.717) is 0 Å². The summed E-state index contributed by atoms with van der Waals surface area (Å²) in [6.07, 6.45) is 10.7. The van der Waals surface area contributed by atoms with E-state index in [1.54, 1.807) is 0 Å². The molecule has 2 aliphatic carbocycles. The van der Waals surface area contributed by atoms with Gasteiger partial charge in [-0.1, -0.05) is 42.5 Å². The lowest BCUT2D eigenvalue weighted by molar-refractivity contribution is -0.159. The first-order chi connectivity index (χ1) is 16.0. The molecule has 5 rings (SSSR count). The molecule has 180 valence electrons. The lowest BCUT2D eigenvalue weighted by Crippen LogP contribution is -2.53. The molecular weight excluding hydrogens is 418 g/mol. The van der Waals surface area contributed by atoms with Crippen molar-refractivity contribution in [3.05, 3.63) is 48.0 Å². The van der Waals surface area contributed by atoms with Crippen LogP contribution in [0.15, 0.2) is 42.5 Å². The average molecular weight is 456 g/mol. The van der Waals surface area contributed by atoms with E-state index in [2.05, 4.69) is 57.2 Å². The van der Waals surface area contributed by atoms with Gasteiger partial charge in [0.25, 0.3) is 0 Å². The molecule has 3 fully saturated rings. The number of hydrogen-bond donors (Lipinski definition) is 2. The number of rotatable bonds is 5. The molecule has 2 bridgehead atoms. The highest BCUT2D eigenvalue weighted by Crippen LogP contribution is 2.43. The molecule has 1 aromatic rings. The SMILES string of the molecule is C1=CC2CC1CC2CN1CCC(N2CCN(Cc3ccccc3)CC2)CC1.O=C(O)C(=O)O.